The fourth-order valence-electron chi connectivity index (χ4n) is 4.18. The number of aryl methyl sites for hydroxylation is 1. The van der Waals surface area contributed by atoms with E-state index in [9.17, 15) is 24.0 Å². The second kappa shape index (κ2) is 17.0. The molecule has 0 spiro atoms. The molecule has 0 aromatic heterocycles. The van der Waals surface area contributed by atoms with Crippen LogP contribution >= 0.6 is 0 Å². The number of esters is 5. The number of rotatable bonds is 11. The van der Waals surface area contributed by atoms with E-state index >= 15 is 0 Å². The van der Waals surface area contributed by atoms with Gasteiger partial charge in [-0.15, -0.1) is 0 Å². The quantitative estimate of drug-likeness (QED) is 0.0699. The molecule has 0 saturated carbocycles. The molecule has 4 rings (SSSR count). The Balaban J connectivity index is 1.55. The molecule has 0 bridgehead atoms. The summed E-state index contributed by atoms with van der Waals surface area (Å²) in [5.41, 5.74) is 2.09. The molecule has 4 aromatic rings. The molecule has 0 aliphatic rings. The summed E-state index contributed by atoms with van der Waals surface area (Å²) in [5.74, 6) is 3.01. The van der Waals surface area contributed by atoms with E-state index in [1.807, 2.05) is 0 Å². The molecule has 0 N–H and O–H groups in total. The Hall–Kier alpha value is -7.19. The summed E-state index contributed by atoms with van der Waals surface area (Å²) in [7, 11) is 1.35. The number of benzene rings is 4. The zero-order chi connectivity index (χ0) is 37.9. The molecule has 0 aliphatic heterocycles. The first-order chi connectivity index (χ1) is 24.8. The van der Waals surface area contributed by atoms with Crippen LogP contribution in [0.5, 0.6) is 34.5 Å². The lowest BCUT2D eigenvalue weighted by atomic mass is 10.1. The Kier molecular flexibility index (Phi) is 12.3. The first-order valence-corrected chi connectivity index (χ1v) is 15.4. The van der Waals surface area contributed by atoms with Gasteiger partial charge in [-0.2, -0.15) is 0 Å². The van der Waals surface area contributed by atoms with E-state index in [0.717, 1.165) is 6.08 Å². The second-order valence-electron chi connectivity index (χ2n) is 11.0. The van der Waals surface area contributed by atoms with Crippen molar-refractivity contribution in [3.8, 4) is 46.3 Å². The van der Waals surface area contributed by atoms with Gasteiger partial charge in [-0.3, -0.25) is 0 Å². The summed E-state index contributed by atoms with van der Waals surface area (Å²) < 4.78 is 32.4. The highest BCUT2D eigenvalue weighted by molar-refractivity contribution is 5.94. The molecular formula is C41H32O11. The first-order valence-electron chi connectivity index (χ1n) is 15.4. The molecule has 0 atom stereocenters. The molecule has 0 radical (unpaired) electrons. The topological polar surface area (TPSA) is 141 Å². The standard InChI is InChI=1S/C41H32O11/c1-8-35(42)48-30-18-12-29(13-19-30)41(46)51-34-23-26(6)33(36(47-7)37(34)52-39(44)25(4)5)22-11-27-9-16-31(17-10-27)50-40(45)28-14-20-32(21-15-28)49-38(43)24(2)3/h8-10,12-21,23H,1-2,4H2,3,5-7H3. The van der Waals surface area contributed by atoms with E-state index in [1.54, 1.807) is 31.2 Å². The zero-order valence-corrected chi connectivity index (χ0v) is 28.7. The number of ether oxygens (including phenoxy) is 6. The fourth-order valence-corrected chi connectivity index (χ4v) is 4.18. The third-order valence-electron chi connectivity index (χ3n) is 6.87. The SMILES string of the molecule is C=CC(=O)Oc1ccc(C(=O)Oc2cc(C)c(C#Cc3ccc(OC(=O)c4ccc(OC(=O)C(=C)C)cc4)cc3)c(OC)c2OC(=O)C(=C)C)cc1. The summed E-state index contributed by atoms with van der Waals surface area (Å²) in [5, 5.41) is 0. The highest BCUT2D eigenvalue weighted by Gasteiger charge is 2.24. The predicted molar refractivity (Wildman–Crippen MR) is 190 cm³/mol. The van der Waals surface area contributed by atoms with E-state index in [4.69, 9.17) is 28.4 Å². The van der Waals surface area contributed by atoms with Gasteiger partial charge in [0, 0.05) is 22.8 Å². The second-order valence-corrected chi connectivity index (χ2v) is 11.0. The average Bonchev–Trinajstić information content (AvgIpc) is 3.12. The van der Waals surface area contributed by atoms with Gasteiger partial charge >= 0.3 is 29.8 Å². The van der Waals surface area contributed by atoms with Crippen molar-refractivity contribution < 1.29 is 52.4 Å². The van der Waals surface area contributed by atoms with Gasteiger partial charge in [0.15, 0.2) is 11.5 Å². The van der Waals surface area contributed by atoms with Crippen LogP contribution in [0, 0.1) is 18.8 Å². The average molecular weight is 701 g/mol. The summed E-state index contributed by atoms with van der Waals surface area (Å²) >= 11 is 0. The Morgan fingerprint density at radius 3 is 1.62 bits per heavy atom. The molecular weight excluding hydrogens is 668 g/mol. The summed E-state index contributed by atoms with van der Waals surface area (Å²) in [6.45, 7) is 15.2. The minimum Gasteiger partial charge on any atom is -0.491 e. The van der Waals surface area contributed by atoms with Gasteiger partial charge < -0.3 is 28.4 Å². The van der Waals surface area contributed by atoms with Gasteiger partial charge in [0.25, 0.3) is 0 Å². The first kappa shape index (κ1) is 37.6. The predicted octanol–water partition coefficient (Wildman–Crippen LogP) is 6.90. The molecule has 0 amide bonds. The van der Waals surface area contributed by atoms with E-state index in [-0.39, 0.29) is 56.8 Å². The van der Waals surface area contributed by atoms with Crippen LogP contribution in [0.2, 0.25) is 0 Å². The van der Waals surface area contributed by atoms with Gasteiger partial charge in [0.2, 0.25) is 5.75 Å². The van der Waals surface area contributed by atoms with Crippen molar-refractivity contribution in [3.63, 3.8) is 0 Å². The molecule has 0 fully saturated rings. The molecule has 11 nitrogen and oxygen atoms in total. The van der Waals surface area contributed by atoms with E-state index in [0.29, 0.717) is 16.7 Å². The Labute approximate surface area is 299 Å². The van der Waals surface area contributed by atoms with Crippen LogP contribution in [0.15, 0.2) is 116 Å². The maximum Gasteiger partial charge on any atom is 0.343 e. The molecule has 52 heavy (non-hydrogen) atoms. The molecule has 11 heteroatoms. The number of hydrogen-bond donors (Lipinski definition) is 0. The van der Waals surface area contributed by atoms with Crippen molar-refractivity contribution in [2.75, 3.05) is 7.11 Å². The van der Waals surface area contributed by atoms with Crippen molar-refractivity contribution >= 4 is 29.8 Å². The minimum atomic E-state index is -0.795. The summed E-state index contributed by atoms with van der Waals surface area (Å²) in [6, 6.07) is 19.4. The van der Waals surface area contributed by atoms with Crippen LogP contribution < -0.4 is 28.4 Å². The molecule has 0 saturated heterocycles. The third kappa shape index (κ3) is 9.71. The van der Waals surface area contributed by atoms with Crippen LogP contribution in [-0.2, 0) is 14.4 Å². The van der Waals surface area contributed by atoms with Gasteiger partial charge in [0.1, 0.15) is 17.2 Å². The Morgan fingerprint density at radius 2 is 1.10 bits per heavy atom. The number of carbonyl (C=O) groups excluding carboxylic acids is 5. The highest BCUT2D eigenvalue weighted by Crippen LogP contribution is 2.42. The molecule has 0 heterocycles. The van der Waals surface area contributed by atoms with Crippen molar-refractivity contribution in [2.45, 2.75) is 20.8 Å². The van der Waals surface area contributed by atoms with Crippen molar-refractivity contribution in [1.29, 1.82) is 0 Å². The van der Waals surface area contributed by atoms with Crippen molar-refractivity contribution in [1.82, 2.24) is 0 Å². The maximum absolute atomic E-state index is 13.1. The normalized spacial score (nSPS) is 10.0. The van der Waals surface area contributed by atoms with Gasteiger partial charge in [-0.1, -0.05) is 31.6 Å². The maximum atomic E-state index is 13.1. The number of hydrogen-bond acceptors (Lipinski definition) is 11. The highest BCUT2D eigenvalue weighted by atomic mass is 16.6. The van der Waals surface area contributed by atoms with Crippen molar-refractivity contribution in [3.05, 3.63) is 144 Å². The lowest BCUT2D eigenvalue weighted by Gasteiger charge is -2.17. The Bertz CT molecular complexity index is 2150. The molecule has 0 unspecified atom stereocenters. The minimum absolute atomic E-state index is 0.0301. The molecule has 0 aliphatic carbocycles. The molecule has 4 aromatic carbocycles. The van der Waals surface area contributed by atoms with Crippen LogP contribution in [0.4, 0.5) is 0 Å². The monoisotopic (exact) mass is 700 g/mol. The number of methoxy groups -OCH3 is 1. The van der Waals surface area contributed by atoms with Gasteiger partial charge in [-0.05, 0) is 105 Å². The third-order valence-corrected chi connectivity index (χ3v) is 6.87. The van der Waals surface area contributed by atoms with Crippen LogP contribution in [0.25, 0.3) is 0 Å². The van der Waals surface area contributed by atoms with Gasteiger partial charge in [-0.25, -0.2) is 24.0 Å². The number of carbonyl (C=O) groups is 5. The van der Waals surface area contributed by atoms with E-state index in [2.05, 4.69) is 31.6 Å². The largest absolute Gasteiger partial charge is 0.491 e. The summed E-state index contributed by atoms with van der Waals surface area (Å²) in [4.78, 5) is 61.6. The van der Waals surface area contributed by atoms with Crippen LogP contribution in [0.3, 0.4) is 0 Å². The zero-order valence-electron chi connectivity index (χ0n) is 28.7. The fraction of sp³-hybridized carbons (Fsp3) is 0.0976. The van der Waals surface area contributed by atoms with Crippen molar-refractivity contribution in [2.24, 2.45) is 0 Å². The summed E-state index contributed by atoms with van der Waals surface area (Å²) in [6.07, 6.45) is 1.01. The van der Waals surface area contributed by atoms with E-state index in [1.165, 1.54) is 75.6 Å². The van der Waals surface area contributed by atoms with Gasteiger partial charge in [0.05, 0.1) is 23.8 Å². The van der Waals surface area contributed by atoms with Crippen LogP contribution in [0.1, 0.15) is 51.3 Å². The Morgan fingerprint density at radius 1 is 0.615 bits per heavy atom. The smallest absolute Gasteiger partial charge is 0.343 e. The lowest BCUT2D eigenvalue weighted by Crippen LogP contribution is -2.14. The van der Waals surface area contributed by atoms with Crippen LogP contribution in [-0.4, -0.2) is 37.0 Å². The van der Waals surface area contributed by atoms with E-state index < -0.39 is 29.8 Å². The molecule has 262 valence electrons. The lowest BCUT2D eigenvalue weighted by molar-refractivity contribution is -0.131.